The number of allylic oxidation sites excluding steroid dienone is 1. The summed E-state index contributed by atoms with van der Waals surface area (Å²) in [6.45, 7) is 8.35. The molecule has 82 valence electrons. The minimum absolute atomic E-state index is 0.0273. The van der Waals surface area contributed by atoms with Crippen LogP contribution in [0.1, 0.15) is 21.7 Å². The van der Waals surface area contributed by atoms with Gasteiger partial charge in [0.2, 0.25) is 0 Å². The maximum absolute atomic E-state index is 11.5. The molecule has 0 saturated heterocycles. The van der Waals surface area contributed by atoms with Crippen molar-refractivity contribution >= 4 is 33.3 Å². The number of nitrogens with zero attached hydrogens (tertiary/aromatic N) is 1. The van der Waals surface area contributed by atoms with Gasteiger partial charge in [-0.2, -0.15) is 0 Å². The number of Topliss-reactive ketones (excluding diaryl/α,β-unsaturated/α-hetero) is 1. The van der Waals surface area contributed by atoms with Crippen molar-refractivity contribution in [3.05, 3.63) is 34.1 Å². The highest BCUT2D eigenvalue weighted by Crippen LogP contribution is 2.18. The summed E-state index contributed by atoms with van der Waals surface area (Å²) in [7, 11) is 0. The minimum atomic E-state index is -0.0313. The van der Waals surface area contributed by atoms with Gasteiger partial charge in [-0.3, -0.25) is 4.79 Å². The zero-order valence-electron chi connectivity index (χ0n) is 8.81. The van der Waals surface area contributed by atoms with Crippen molar-refractivity contribution in [3.63, 3.8) is 0 Å². The van der Waals surface area contributed by atoms with Gasteiger partial charge in [0.15, 0.2) is 5.78 Å². The van der Waals surface area contributed by atoms with Gasteiger partial charge in [-0.05, 0) is 19.9 Å². The van der Waals surface area contributed by atoms with Crippen LogP contribution in [0.5, 0.6) is 0 Å². The van der Waals surface area contributed by atoms with Crippen molar-refractivity contribution in [2.75, 3.05) is 5.88 Å². The molecule has 1 aromatic heterocycles. The first-order valence-electron chi connectivity index (χ1n) is 4.56. The van der Waals surface area contributed by atoms with Crippen LogP contribution in [-0.4, -0.2) is 16.2 Å². The number of ketones is 1. The van der Waals surface area contributed by atoms with Gasteiger partial charge >= 0.3 is 0 Å². The van der Waals surface area contributed by atoms with E-state index in [-0.39, 0.29) is 11.7 Å². The van der Waals surface area contributed by atoms with Crippen molar-refractivity contribution in [2.24, 2.45) is 0 Å². The molecule has 4 heteroatoms. The fourth-order valence-corrected chi connectivity index (χ4v) is 1.97. The van der Waals surface area contributed by atoms with Gasteiger partial charge < -0.3 is 4.57 Å². The highest BCUT2D eigenvalue weighted by atomic mass is 79.9. The summed E-state index contributed by atoms with van der Waals surface area (Å²) < 4.78 is 2.92. The molecule has 0 bridgehead atoms. The van der Waals surface area contributed by atoms with Crippen LogP contribution in [0, 0.1) is 13.8 Å². The van der Waals surface area contributed by atoms with Crippen molar-refractivity contribution < 1.29 is 4.79 Å². The largest absolute Gasteiger partial charge is 0.344 e. The van der Waals surface area contributed by atoms with Crippen LogP contribution in [-0.2, 0) is 6.54 Å². The van der Waals surface area contributed by atoms with Crippen molar-refractivity contribution in [1.82, 2.24) is 4.57 Å². The Bertz CT molecular complexity index is 409. The van der Waals surface area contributed by atoms with Gasteiger partial charge in [0.05, 0.1) is 12.4 Å². The first-order chi connectivity index (χ1) is 6.97. The molecule has 1 aromatic rings. The lowest BCUT2D eigenvalue weighted by Crippen LogP contribution is -2.05. The molecule has 0 N–H and O–H groups in total. The van der Waals surface area contributed by atoms with E-state index in [0.29, 0.717) is 12.1 Å². The Balaban J connectivity index is 3.14. The minimum Gasteiger partial charge on any atom is -0.344 e. The summed E-state index contributed by atoms with van der Waals surface area (Å²) in [4.78, 5) is 11.5. The lowest BCUT2D eigenvalue weighted by Gasteiger charge is -2.07. The Morgan fingerprint density at radius 1 is 1.60 bits per heavy atom. The highest BCUT2D eigenvalue weighted by Gasteiger charge is 2.14. The van der Waals surface area contributed by atoms with Crippen molar-refractivity contribution in [1.29, 1.82) is 0 Å². The number of rotatable bonds is 4. The fourth-order valence-electron chi connectivity index (χ4n) is 1.57. The maximum atomic E-state index is 11.5. The van der Waals surface area contributed by atoms with E-state index < -0.39 is 0 Å². The fraction of sp³-hybridized carbons (Fsp3) is 0.364. The summed E-state index contributed by atoms with van der Waals surface area (Å²) >= 11 is 8.86. The molecule has 0 aromatic carbocycles. The van der Waals surface area contributed by atoms with E-state index in [1.165, 1.54) is 0 Å². The van der Waals surface area contributed by atoms with Crippen LogP contribution >= 0.6 is 27.5 Å². The van der Waals surface area contributed by atoms with Crippen LogP contribution in [0.4, 0.5) is 0 Å². The van der Waals surface area contributed by atoms with E-state index >= 15 is 0 Å². The molecule has 1 rings (SSSR count). The van der Waals surface area contributed by atoms with Crippen LogP contribution in [0.3, 0.4) is 0 Å². The molecular formula is C11H13BrClNO. The predicted octanol–water partition coefficient (Wildman–Crippen LogP) is 3.44. The average Bonchev–Trinajstić information content (AvgIpc) is 2.44. The lowest BCUT2D eigenvalue weighted by molar-refractivity contribution is 0.102. The zero-order valence-corrected chi connectivity index (χ0v) is 11.2. The van der Waals surface area contributed by atoms with Gasteiger partial charge in [0, 0.05) is 21.4 Å². The second-order valence-corrected chi connectivity index (χ2v) is 4.83. The van der Waals surface area contributed by atoms with Gasteiger partial charge in [0.1, 0.15) is 0 Å². The summed E-state index contributed by atoms with van der Waals surface area (Å²) in [5, 5.41) is 0. The number of carbonyl (C=O) groups excluding carboxylic acids is 1. The predicted molar refractivity (Wildman–Crippen MR) is 67.0 cm³/mol. The van der Waals surface area contributed by atoms with Gasteiger partial charge in [-0.1, -0.05) is 22.5 Å². The van der Waals surface area contributed by atoms with Gasteiger partial charge in [-0.15, -0.1) is 11.6 Å². The summed E-state index contributed by atoms with van der Waals surface area (Å²) in [5.74, 6) is -0.00396. The molecule has 0 aliphatic heterocycles. The summed E-state index contributed by atoms with van der Waals surface area (Å²) in [5.41, 5.74) is 2.69. The highest BCUT2D eigenvalue weighted by molar-refractivity contribution is 9.11. The second-order valence-electron chi connectivity index (χ2n) is 3.45. The van der Waals surface area contributed by atoms with E-state index in [0.717, 1.165) is 15.9 Å². The first-order valence-corrected chi connectivity index (χ1v) is 5.89. The number of halogens is 2. The Morgan fingerprint density at radius 3 is 2.67 bits per heavy atom. The molecule has 1 heterocycles. The monoisotopic (exact) mass is 289 g/mol. The Morgan fingerprint density at radius 2 is 2.20 bits per heavy atom. The molecule has 0 amide bonds. The third-order valence-electron chi connectivity index (χ3n) is 2.33. The molecule has 2 nitrogen and oxygen atoms in total. The number of aryl methyl sites for hydroxylation is 1. The number of hydrogen-bond acceptors (Lipinski definition) is 1. The SMILES string of the molecule is C=C(Br)Cn1c(C)cc(C(=O)CCl)c1C. The van der Waals surface area contributed by atoms with Crippen LogP contribution in [0.2, 0.25) is 0 Å². The summed E-state index contributed by atoms with van der Waals surface area (Å²) in [6.07, 6.45) is 0. The van der Waals surface area contributed by atoms with E-state index in [4.69, 9.17) is 11.6 Å². The van der Waals surface area contributed by atoms with Crippen LogP contribution < -0.4 is 0 Å². The normalized spacial score (nSPS) is 10.4. The van der Waals surface area contributed by atoms with E-state index in [1.54, 1.807) is 0 Å². The Hall–Kier alpha value is -0.540. The number of carbonyl (C=O) groups is 1. The molecule has 0 spiro atoms. The number of aromatic nitrogens is 1. The van der Waals surface area contributed by atoms with E-state index in [9.17, 15) is 4.79 Å². The van der Waals surface area contributed by atoms with Crippen molar-refractivity contribution in [2.45, 2.75) is 20.4 Å². The molecular weight excluding hydrogens is 277 g/mol. The van der Waals surface area contributed by atoms with E-state index in [1.807, 2.05) is 24.5 Å². The smallest absolute Gasteiger partial charge is 0.179 e. The van der Waals surface area contributed by atoms with Gasteiger partial charge in [0.25, 0.3) is 0 Å². The topological polar surface area (TPSA) is 22.0 Å². The molecule has 0 fully saturated rings. The number of hydrogen-bond donors (Lipinski definition) is 0. The Labute approximate surface area is 103 Å². The summed E-state index contributed by atoms with van der Waals surface area (Å²) in [6, 6.07) is 1.87. The molecule has 15 heavy (non-hydrogen) atoms. The third kappa shape index (κ3) is 2.73. The number of alkyl halides is 1. The van der Waals surface area contributed by atoms with Crippen LogP contribution in [0.25, 0.3) is 0 Å². The van der Waals surface area contributed by atoms with Crippen molar-refractivity contribution in [3.8, 4) is 0 Å². The zero-order chi connectivity index (χ0) is 11.6. The molecule has 0 aliphatic rings. The first kappa shape index (κ1) is 12.5. The van der Waals surface area contributed by atoms with Gasteiger partial charge in [-0.25, -0.2) is 0 Å². The Kier molecular flexibility index (Phi) is 4.17. The molecule has 0 aliphatic carbocycles. The standard InChI is InChI=1S/C11H13BrClNO/c1-7(12)6-14-8(2)4-10(9(14)3)11(15)5-13/h4H,1,5-6H2,2-3H3. The molecule has 0 saturated carbocycles. The lowest BCUT2D eigenvalue weighted by atomic mass is 10.2. The maximum Gasteiger partial charge on any atom is 0.179 e. The van der Waals surface area contributed by atoms with E-state index in [2.05, 4.69) is 22.5 Å². The molecule has 0 radical (unpaired) electrons. The third-order valence-corrected chi connectivity index (χ3v) is 2.82. The average molecular weight is 291 g/mol. The quantitative estimate of drug-likeness (QED) is 0.615. The second kappa shape index (κ2) is 4.99. The molecule has 0 atom stereocenters. The van der Waals surface area contributed by atoms with Crippen LogP contribution in [0.15, 0.2) is 17.1 Å². The molecule has 0 unspecified atom stereocenters.